The Morgan fingerprint density at radius 3 is 1.96 bits per heavy atom. The molecular formula is C42H46N2O7. The molecule has 51 heavy (non-hydrogen) atoms. The van der Waals surface area contributed by atoms with Crippen molar-refractivity contribution in [2.24, 2.45) is 5.92 Å². The van der Waals surface area contributed by atoms with E-state index in [1.165, 1.54) is 0 Å². The molecule has 3 unspecified atom stereocenters. The number of ether oxygens (including phenoxy) is 3. The second kappa shape index (κ2) is 19.7. The summed E-state index contributed by atoms with van der Waals surface area (Å²) in [6, 6.07) is 34.0. The number of cyclic esters (lactones) is 1. The quantitative estimate of drug-likeness (QED) is 0.112. The highest BCUT2D eigenvalue weighted by molar-refractivity contribution is 5.86. The zero-order valence-corrected chi connectivity index (χ0v) is 28.7. The van der Waals surface area contributed by atoms with Crippen LogP contribution in [-0.2, 0) is 45.2 Å². The molecule has 3 atom stereocenters. The van der Waals surface area contributed by atoms with Crippen LogP contribution in [0.15, 0.2) is 121 Å². The van der Waals surface area contributed by atoms with Crippen molar-refractivity contribution < 1.29 is 33.7 Å². The van der Waals surface area contributed by atoms with Crippen molar-refractivity contribution in [3.63, 3.8) is 0 Å². The third-order valence-electron chi connectivity index (χ3n) is 8.59. The van der Waals surface area contributed by atoms with Gasteiger partial charge in [-0.05, 0) is 72.2 Å². The van der Waals surface area contributed by atoms with Crippen LogP contribution in [0.5, 0.6) is 11.5 Å². The summed E-state index contributed by atoms with van der Waals surface area (Å²) in [6.07, 6.45) is 5.51. The monoisotopic (exact) mass is 690 g/mol. The summed E-state index contributed by atoms with van der Waals surface area (Å²) in [6.45, 7) is 0.680. The highest BCUT2D eigenvalue weighted by atomic mass is 16.5. The average molecular weight is 691 g/mol. The van der Waals surface area contributed by atoms with Crippen molar-refractivity contribution in [3.05, 3.63) is 144 Å². The van der Waals surface area contributed by atoms with E-state index in [0.717, 1.165) is 33.8 Å². The number of aliphatic hydroxyl groups is 1. The Morgan fingerprint density at radius 1 is 0.784 bits per heavy atom. The maximum Gasteiger partial charge on any atom is 0.306 e. The number of rotatable bonds is 14. The van der Waals surface area contributed by atoms with Gasteiger partial charge in [-0.1, -0.05) is 97.1 Å². The standard InChI is InChI=1S/C42H46N2O7/c45-27-36(24-31-16-20-38(21-17-31)49-28-33-10-4-1-5-11-33)43-40(46)26-35-14-8-3-9-15-41(47)51-30-37(44-42(35)48)25-32-18-22-39(23-19-32)50-29-34-12-6-2-7-13-34/h1-8,10-13,16-23,35-37,45H,9,14-15,24-30H2,(H,43,46)(H,44,48). The summed E-state index contributed by atoms with van der Waals surface area (Å²) >= 11 is 0. The van der Waals surface area contributed by atoms with Crippen molar-refractivity contribution >= 4 is 17.8 Å². The van der Waals surface area contributed by atoms with Gasteiger partial charge in [0.1, 0.15) is 31.3 Å². The molecule has 266 valence electrons. The Morgan fingerprint density at radius 2 is 1.37 bits per heavy atom. The van der Waals surface area contributed by atoms with E-state index in [1.807, 2.05) is 121 Å². The second-order valence-corrected chi connectivity index (χ2v) is 12.7. The summed E-state index contributed by atoms with van der Waals surface area (Å²) in [5.41, 5.74) is 4.01. The lowest BCUT2D eigenvalue weighted by molar-refractivity contribution is -0.145. The number of aliphatic hydroxyl groups excluding tert-OH is 1. The predicted molar refractivity (Wildman–Crippen MR) is 195 cm³/mol. The van der Waals surface area contributed by atoms with Crippen LogP contribution in [0.25, 0.3) is 0 Å². The number of amides is 2. The zero-order chi connectivity index (χ0) is 35.7. The number of allylic oxidation sites excluding steroid dienone is 2. The SMILES string of the molecule is O=C(CC1CC=CCCC(=O)OCC(Cc2ccc(OCc3ccccc3)cc2)NC1=O)NC(CO)Cc1ccc(OCc2ccccc2)cc1. The first-order valence-corrected chi connectivity index (χ1v) is 17.5. The highest BCUT2D eigenvalue weighted by Gasteiger charge is 2.26. The molecule has 0 saturated carbocycles. The molecule has 9 heteroatoms. The summed E-state index contributed by atoms with van der Waals surface area (Å²) in [4.78, 5) is 39.1. The van der Waals surface area contributed by atoms with Crippen molar-refractivity contribution in [1.29, 1.82) is 0 Å². The highest BCUT2D eigenvalue weighted by Crippen LogP contribution is 2.19. The number of benzene rings is 4. The molecule has 0 saturated heterocycles. The number of carbonyl (C=O) groups is 3. The van der Waals surface area contributed by atoms with E-state index in [1.54, 1.807) is 0 Å². The van der Waals surface area contributed by atoms with Gasteiger partial charge < -0.3 is 30.0 Å². The van der Waals surface area contributed by atoms with Crippen LogP contribution in [0.1, 0.15) is 47.9 Å². The molecule has 4 aromatic rings. The molecule has 5 rings (SSSR count). The number of hydrogen-bond donors (Lipinski definition) is 3. The minimum Gasteiger partial charge on any atom is -0.489 e. The summed E-state index contributed by atoms with van der Waals surface area (Å²) < 4.78 is 17.3. The van der Waals surface area contributed by atoms with Gasteiger partial charge in [0.05, 0.1) is 24.6 Å². The van der Waals surface area contributed by atoms with Crippen LogP contribution in [0.3, 0.4) is 0 Å². The molecule has 0 aliphatic carbocycles. The van der Waals surface area contributed by atoms with Crippen LogP contribution < -0.4 is 20.1 Å². The number of hydrogen-bond acceptors (Lipinski definition) is 7. The molecule has 1 aliphatic heterocycles. The van der Waals surface area contributed by atoms with E-state index in [9.17, 15) is 19.5 Å². The average Bonchev–Trinajstić information content (AvgIpc) is 3.16. The molecule has 1 aliphatic rings. The molecule has 9 nitrogen and oxygen atoms in total. The molecule has 2 amide bonds. The maximum absolute atomic E-state index is 13.6. The third-order valence-corrected chi connectivity index (χ3v) is 8.59. The Balaban J connectivity index is 1.15. The van der Waals surface area contributed by atoms with E-state index in [-0.39, 0.29) is 43.8 Å². The third kappa shape index (κ3) is 12.8. The first kappa shape index (κ1) is 36.9. The number of esters is 1. The lowest BCUT2D eigenvalue weighted by Gasteiger charge is -2.24. The molecule has 0 bridgehead atoms. The lowest BCUT2D eigenvalue weighted by Crippen LogP contribution is -2.45. The van der Waals surface area contributed by atoms with Gasteiger partial charge in [-0.3, -0.25) is 14.4 Å². The van der Waals surface area contributed by atoms with Crippen LogP contribution in [-0.4, -0.2) is 48.2 Å². The van der Waals surface area contributed by atoms with Crippen LogP contribution in [0.4, 0.5) is 0 Å². The Hall–Kier alpha value is -5.41. The first-order chi connectivity index (χ1) is 24.9. The normalized spacial score (nSPS) is 17.2. The fourth-order valence-electron chi connectivity index (χ4n) is 5.76. The van der Waals surface area contributed by atoms with E-state index < -0.39 is 18.0 Å². The van der Waals surface area contributed by atoms with Gasteiger partial charge in [0.15, 0.2) is 0 Å². The first-order valence-electron chi connectivity index (χ1n) is 17.5. The topological polar surface area (TPSA) is 123 Å². The molecule has 0 aromatic heterocycles. The van der Waals surface area contributed by atoms with Gasteiger partial charge in [0.25, 0.3) is 0 Å². The smallest absolute Gasteiger partial charge is 0.306 e. The van der Waals surface area contributed by atoms with Crippen LogP contribution in [0, 0.1) is 5.92 Å². The zero-order valence-electron chi connectivity index (χ0n) is 28.7. The van der Waals surface area contributed by atoms with Crippen LogP contribution >= 0.6 is 0 Å². The fourth-order valence-corrected chi connectivity index (χ4v) is 5.76. The molecule has 4 aromatic carbocycles. The minimum absolute atomic E-state index is 0.0160. The summed E-state index contributed by atoms with van der Waals surface area (Å²) in [5, 5.41) is 16.0. The van der Waals surface area contributed by atoms with Gasteiger partial charge in [-0.15, -0.1) is 0 Å². The Kier molecular flexibility index (Phi) is 14.2. The maximum atomic E-state index is 13.6. The van der Waals surface area contributed by atoms with Gasteiger partial charge in [0, 0.05) is 12.8 Å². The lowest BCUT2D eigenvalue weighted by atomic mass is 9.97. The Bertz CT molecular complexity index is 1690. The van der Waals surface area contributed by atoms with Crippen molar-refractivity contribution in [2.45, 2.75) is 63.8 Å². The van der Waals surface area contributed by atoms with Crippen molar-refractivity contribution in [3.8, 4) is 11.5 Å². The molecule has 0 fully saturated rings. The largest absolute Gasteiger partial charge is 0.489 e. The fraction of sp³-hybridized carbons (Fsp3) is 0.310. The van der Waals surface area contributed by atoms with E-state index >= 15 is 0 Å². The minimum atomic E-state index is -0.645. The second-order valence-electron chi connectivity index (χ2n) is 12.7. The van der Waals surface area contributed by atoms with Gasteiger partial charge in [-0.25, -0.2) is 0 Å². The molecule has 1 heterocycles. The van der Waals surface area contributed by atoms with E-state index in [4.69, 9.17) is 14.2 Å². The molecule has 3 N–H and O–H groups in total. The molecule has 0 radical (unpaired) electrons. The van der Waals surface area contributed by atoms with E-state index in [2.05, 4.69) is 10.6 Å². The van der Waals surface area contributed by atoms with Gasteiger partial charge >= 0.3 is 5.97 Å². The Labute approximate surface area is 299 Å². The number of nitrogens with one attached hydrogen (secondary N) is 2. The summed E-state index contributed by atoms with van der Waals surface area (Å²) in [7, 11) is 0. The molecular weight excluding hydrogens is 644 g/mol. The van der Waals surface area contributed by atoms with Crippen molar-refractivity contribution in [2.75, 3.05) is 13.2 Å². The van der Waals surface area contributed by atoms with Crippen molar-refractivity contribution in [1.82, 2.24) is 10.6 Å². The summed E-state index contributed by atoms with van der Waals surface area (Å²) in [5.74, 6) is -0.151. The molecule has 0 spiro atoms. The predicted octanol–water partition coefficient (Wildman–Crippen LogP) is 5.88. The van der Waals surface area contributed by atoms with Crippen LogP contribution in [0.2, 0.25) is 0 Å². The van der Waals surface area contributed by atoms with Gasteiger partial charge in [0.2, 0.25) is 11.8 Å². The number of carbonyl (C=O) groups excluding carboxylic acids is 3. The van der Waals surface area contributed by atoms with Gasteiger partial charge in [-0.2, -0.15) is 0 Å². The van der Waals surface area contributed by atoms with E-state index in [0.29, 0.717) is 38.9 Å².